The Morgan fingerprint density at radius 3 is 2.46 bits per heavy atom. The predicted octanol–water partition coefficient (Wildman–Crippen LogP) is 1.35. The summed E-state index contributed by atoms with van der Waals surface area (Å²) in [5, 5.41) is 2.97. The van der Waals surface area contributed by atoms with Crippen LogP contribution in [-0.4, -0.2) is 52.6 Å². The van der Waals surface area contributed by atoms with E-state index in [0.717, 1.165) is 0 Å². The fraction of sp³-hybridized carbons (Fsp3) is 0.250. The highest BCUT2D eigenvalue weighted by atomic mass is 16.5. The molecule has 1 aliphatic carbocycles. The van der Waals surface area contributed by atoms with Gasteiger partial charge in [-0.3, -0.25) is 24.4 Å². The summed E-state index contributed by atoms with van der Waals surface area (Å²) in [5.41, 5.74) is 1.17. The molecule has 1 heterocycles. The lowest BCUT2D eigenvalue weighted by Gasteiger charge is -2.29. The van der Waals surface area contributed by atoms with E-state index in [1.807, 2.05) is 0 Å². The van der Waals surface area contributed by atoms with Crippen LogP contribution in [0.15, 0.2) is 54.3 Å². The van der Waals surface area contributed by atoms with E-state index in [-0.39, 0.29) is 35.2 Å². The van der Waals surface area contributed by atoms with Gasteiger partial charge < -0.3 is 15.0 Å². The van der Waals surface area contributed by atoms with Gasteiger partial charge in [-0.2, -0.15) is 0 Å². The molecule has 0 spiro atoms. The first-order chi connectivity index (χ1) is 13.5. The number of benzene rings is 1. The molecule has 0 radical (unpaired) electrons. The van der Waals surface area contributed by atoms with Gasteiger partial charge in [0, 0.05) is 44.1 Å². The first kappa shape index (κ1) is 19.4. The van der Waals surface area contributed by atoms with Crippen molar-refractivity contribution >= 4 is 17.5 Å². The van der Waals surface area contributed by atoms with E-state index >= 15 is 0 Å². The molecule has 2 aromatic rings. The van der Waals surface area contributed by atoms with Crippen LogP contribution in [0.5, 0.6) is 0 Å². The number of aromatic nitrogens is 2. The number of nitrogens with one attached hydrogen (secondary N) is 1. The normalized spacial score (nSPS) is 13.4. The third-order valence-corrected chi connectivity index (χ3v) is 4.29. The molecule has 1 aromatic heterocycles. The Kier molecular flexibility index (Phi) is 5.90. The number of ketones is 2. The first-order valence-electron chi connectivity index (χ1n) is 8.73. The van der Waals surface area contributed by atoms with Gasteiger partial charge in [0.15, 0.2) is 0 Å². The van der Waals surface area contributed by atoms with Gasteiger partial charge in [0.05, 0.1) is 25.0 Å². The Morgan fingerprint density at radius 1 is 1.14 bits per heavy atom. The van der Waals surface area contributed by atoms with Crippen LogP contribution in [0.4, 0.5) is 0 Å². The van der Waals surface area contributed by atoms with E-state index in [1.165, 1.54) is 37.5 Å². The molecule has 0 saturated heterocycles. The van der Waals surface area contributed by atoms with E-state index in [0.29, 0.717) is 24.4 Å². The molecule has 8 heteroatoms. The molecule has 1 amide bonds. The molecule has 0 bridgehead atoms. The average Bonchev–Trinajstić information content (AvgIpc) is 2.71. The number of fused-ring (bicyclic) bond motifs is 1. The van der Waals surface area contributed by atoms with E-state index < -0.39 is 5.78 Å². The van der Waals surface area contributed by atoms with Crippen LogP contribution in [-0.2, 0) is 16.1 Å². The zero-order chi connectivity index (χ0) is 20.1. The molecule has 1 N–H and O–H groups in total. The number of Topliss-reactive ketones (excluding diaryl/α,β-unsaturated/α-hetero) is 2. The number of rotatable bonds is 7. The molecule has 0 saturated carbocycles. The molecule has 0 atom stereocenters. The van der Waals surface area contributed by atoms with Gasteiger partial charge in [-0.05, 0) is 0 Å². The molecular formula is C20H20N4O4. The summed E-state index contributed by atoms with van der Waals surface area (Å²) in [7, 11) is 1.54. The summed E-state index contributed by atoms with van der Waals surface area (Å²) in [4.78, 5) is 48.1. The molecule has 0 aliphatic heterocycles. The molecule has 0 fully saturated rings. The van der Waals surface area contributed by atoms with E-state index in [2.05, 4.69) is 15.3 Å². The minimum atomic E-state index is -0.394. The van der Waals surface area contributed by atoms with Crippen molar-refractivity contribution in [1.82, 2.24) is 20.2 Å². The monoisotopic (exact) mass is 380 g/mol. The Hall–Kier alpha value is -3.39. The van der Waals surface area contributed by atoms with Gasteiger partial charge in [-0.1, -0.05) is 24.3 Å². The zero-order valence-corrected chi connectivity index (χ0v) is 15.6. The minimum absolute atomic E-state index is 0.0120. The van der Waals surface area contributed by atoms with Gasteiger partial charge in [-0.25, -0.2) is 0 Å². The SMILES string of the molecule is COCCNC1=C(N(Cc2cnccn2)C(C)=O)C(=O)c2ccccc2C1=O. The molecular weight excluding hydrogens is 360 g/mol. The standard InChI is InChI=1S/C20H20N4O4/c1-13(25)24(12-14-11-21-7-8-22-14)18-17(23-9-10-28-2)19(26)15-5-3-4-6-16(15)20(18)27/h3-8,11,23H,9-10,12H2,1-2H3. The second-order valence-electron chi connectivity index (χ2n) is 6.15. The van der Waals surface area contributed by atoms with Crippen LogP contribution in [0, 0.1) is 0 Å². The van der Waals surface area contributed by atoms with Gasteiger partial charge in [-0.15, -0.1) is 0 Å². The summed E-state index contributed by atoms with van der Waals surface area (Å²) in [6, 6.07) is 6.57. The van der Waals surface area contributed by atoms with Crippen LogP contribution in [0.1, 0.15) is 33.3 Å². The van der Waals surface area contributed by atoms with Gasteiger partial charge in [0.25, 0.3) is 0 Å². The summed E-state index contributed by atoms with van der Waals surface area (Å²) < 4.78 is 5.02. The molecule has 144 valence electrons. The molecule has 3 rings (SSSR count). The highest BCUT2D eigenvalue weighted by molar-refractivity contribution is 6.27. The highest BCUT2D eigenvalue weighted by Gasteiger charge is 2.36. The van der Waals surface area contributed by atoms with E-state index in [1.54, 1.807) is 24.3 Å². The number of nitrogens with zero attached hydrogens (tertiary/aromatic N) is 3. The first-order valence-corrected chi connectivity index (χ1v) is 8.73. The molecule has 8 nitrogen and oxygen atoms in total. The maximum atomic E-state index is 13.2. The van der Waals surface area contributed by atoms with Crippen molar-refractivity contribution in [2.24, 2.45) is 0 Å². The van der Waals surface area contributed by atoms with Crippen molar-refractivity contribution in [2.75, 3.05) is 20.3 Å². The smallest absolute Gasteiger partial charge is 0.224 e. The number of methoxy groups -OCH3 is 1. The van der Waals surface area contributed by atoms with Crippen LogP contribution in [0.25, 0.3) is 0 Å². The number of carbonyl (C=O) groups is 3. The third kappa shape index (κ3) is 3.81. The van der Waals surface area contributed by atoms with Gasteiger partial charge in [0.2, 0.25) is 17.5 Å². The summed E-state index contributed by atoms with van der Waals surface area (Å²) in [5.74, 6) is -1.12. The number of amides is 1. The minimum Gasteiger partial charge on any atom is -0.383 e. The second kappa shape index (κ2) is 8.53. The fourth-order valence-corrected chi connectivity index (χ4v) is 2.98. The molecule has 1 aliphatic rings. The van der Waals surface area contributed by atoms with Crippen molar-refractivity contribution < 1.29 is 19.1 Å². The van der Waals surface area contributed by atoms with Crippen molar-refractivity contribution in [2.45, 2.75) is 13.5 Å². The highest BCUT2D eigenvalue weighted by Crippen LogP contribution is 2.28. The number of hydrogen-bond donors (Lipinski definition) is 1. The summed E-state index contributed by atoms with van der Waals surface area (Å²) >= 11 is 0. The Morgan fingerprint density at radius 2 is 1.86 bits per heavy atom. The van der Waals surface area contributed by atoms with Crippen LogP contribution >= 0.6 is 0 Å². The number of hydrogen-bond acceptors (Lipinski definition) is 7. The number of allylic oxidation sites excluding steroid dienone is 2. The zero-order valence-electron chi connectivity index (χ0n) is 15.6. The maximum Gasteiger partial charge on any atom is 0.224 e. The van der Waals surface area contributed by atoms with Crippen molar-refractivity contribution in [3.63, 3.8) is 0 Å². The topological polar surface area (TPSA) is 101 Å². The Labute approximate surface area is 162 Å². The lowest BCUT2D eigenvalue weighted by Crippen LogP contribution is -2.41. The van der Waals surface area contributed by atoms with Crippen molar-refractivity contribution in [3.05, 3.63) is 71.1 Å². The van der Waals surface area contributed by atoms with Gasteiger partial charge >= 0.3 is 0 Å². The summed E-state index contributed by atoms with van der Waals surface area (Å²) in [6.07, 6.45) is 4.53. The van der Waals surface area contributed by atoms with Crippen molar-refractivity contribution in [3.8, 4) is 0 Å². The lowest BCUT2D eigenvalue weighted by atomic mass is 9.89. The van der Waals surface area contributed by atoms with Crippen LogP contribution < -0.4 is 5.32 Å². The largest absolute Gasteiger partial charge is 0.383 e. The lowest BCUT2D eigenvalue weighted by molar-refractivity contribution is -0.127. The average molecular weight is 380 g/mol. The van der Waals surface area contributed by atoms with Gasteiger partial charge in [0.1, 0.15) is 11.4 Å². The van der Waals surface area contributed by atoms with E-state index in [4.69, 9.17) is 4.74 Å². The fourth-order valence-electron chi connectivity index (χ4n) is 2.98. The number of carbonyl (C=O) groups excluding carboxylic acids is 3. The van der Waals surface area contributed by atoms with E-state index in [9.17, 15) is 14.4 Å². The quantitative estimate of drug-likeness (QED) is 0.724. The third-order valence-electron chi connectivity index (χ3n) is 4.29. The Balaban J connectivity index is 2.09. The van der Waals surface area contributed by atoms with Crippen LogP contribution in [0.3, 0.4) is 0 Å². The molecule has 1 aromatic carbocycles. The molecule has 0 unspecified atom stereocenters. The number of ether oxygens (including phenoxy) is 1. The van der Waals surface area contributed by atoms with Crippen molar-refractivity contribution in [1.29, 1.82) is 0 Å². The molecule has 28 heavy (non-hydrogen) atoms. The predicted molar refractivity (Wildman–Crippen MR) is 100 cm³/mol. The summed E-state index contributed by atoms with van der Waals surface area (Å²) in [6.45, 7) is 2.01. The maximum absolute atomic E-state index is 13.2. The Bertz CT molecular complexity index is 940. The van der Waals surface area contributed by atoms with Crippen LogP contribution in [0.2, 0.25) is 0 Å². The second-order valence-corrected chi connectivity index (χ2v) is 6.15.